The Balaban J connectivity index is 1.76. The number of hydrogen-bond donors (Lipinski definition) is 3. The van der Waals surface area contributed by atoms with Gasteiger partial charge >= 0.3 is 0 Å². The van der Waals surface area contributed by atoms with E-state index in [1.807, 2.05) is 24.0 Å². The van der Waals surface area contributed by atoms with Gasteiger partial charge in [-0.1, -0.05) is 41.6 Å². The van der Waals surface area contributed by atoms with Crippen LogP contribution < -0.4 is 0 Å². The first-order valence-corrected chi connectivity index (χ1v) is 8.08. The van der Waals surface area contributed by atoms with Crippen LogP contribution in [-0.2, 0) is 6.54 Å². The number of thioether (sulfide) groups is 1. The molecule has 21 heavy (non-hydrogen) atoms. The van der Waals surface area contributed by atoms with Gasteiger partial charge in [0.2, 0.25) is 0 Å². The molecule has 114 valence electrons. The Kier molecular flexibility index (Phi) is 4.21. The van der Waals surface area contributed by atoms with Crippen molar-refractivity contribution < 1.29 is 15.3 Å². The highest BCUT2D eigenvalue weighted by molar-refractivity contribution is 8.14. The number of rotatable bonds is 3. The van der Waals surface area contributed by atoms with E-state index in [0.29, 0.717) is 12.3 Å². The third-order valence-corrected chi connectivity index (χ3v) is 5.27. The molecule has 2 aliphatic rings. The summed E-state index contributed by atoms with van der Waals surface area (Å²) in [6.45, 7) is 2.43. The molecule has 1 aromatic carbocycles. The van der Waals surface area contributed by atoms with Crippen LogP contribution in [0.3, 0.4) is 0 Å². The maximum atomic E-state index is 10.0. The topological polar surface area (TPSA) is 76.3 Å². The molecule has 0 aromatic heterocycles. The first kappa shape index (κ1) is 14.8. The number of aliphatic hydroxyl groups is 3. The molecular formula is C15H20N2O3S. The molecule has 0 amide bonds. The predicted octanol–water partition coefficient (Wildman–Crippen LogP) is 0.365. The monoisotopic (exact) mass is 308 g/mol. The molecule has 0 radical (unpaired) electrons. The molecule has 3 rings (SSSR count). The molecular weight excluding hydrogens is 288 g/mol. The van der Waals surface area contributed by atoms with E-state index in [-0.39, 0.29) is 12.6 Å². The molecule has 2 heterocycles. The highest BCUT2D eigenvalue weighted by Crippen LogP contribution is 2.36. The summed E-state index contributed by atoms with van der Waals surface area (Å²) in [7, 11) is 0. The second-order valence-corrected chi connectivity index (χ2v) is 6.59. The quantitative estimate of drug-likeness (QED) is 0.752. The van der Waals surface area contributed by atoms with E-state index in [1.54, 1.807) is 11.8 Å². The molecule has 0 saturated carbocycles. The number of fused-ring (bicyclic) bond motifs is 1. The third-order valence-electron chi connectivity index (χ3n) is 4.16. The van der Waals surface area contributed by atoms with Gasteiger partial charge in [-0.05, 0) is 12.5 Å². The standard InChI is InChI=1S/C15H20N2O3S/c1-9-2-4-10(5-3-9)6-16-15-17-11(7-18)13(19)14(20)12(17)8-21-15/h2-5,11-14,18-20H,6-8H2,1H3/t11-,12-,13-,14-/m0/s1. The summed E-state index contributed by atoms with van der Waals surface area (Å²) in [6.07, 6.45) is -1.73. The number of aliphatic hydroxyl groups excluding tert-OH is 3. The summed E-state index contributed by atoms with van der Waals surface area (Å²) in [4.78, 5) is 6.49. The predicted molar refractivity (Wildman–Crippen MR) is 83.3 cm³/mol. The molecule has 2 fully saturated rings. The van der Waals surface area contributed by atoms with Crippen molar-refractivity contribution in [1.82, 2.24) is 4.90 Å². The first-order valence-electron chi connectivity index (χ1n) is 7.10. The van der Waals surface area contributed by atoms with Crippen molar-refractivity contribution in [3.63, 3.8) is 0 Å². The lowest BCUT2D eigenvalue weighted by Gasteiger charge is -2.24. The third kappa shape index (κ3) is 2.68. The summed E-state index contributed by atoms with van der Waals surface area (Å²) in [6, 6.07) is 7.59. The number of benzene rings is 1. The fourth-order valence-corrected chi connectivity index (χ4v) is 4.16. The molecule has 3 N–H and O–H groups in total. The van der Waals surface area contributed by atoms with Crippen LogP contribution in [0.5, 0.6) is 0 Å². The summed E-state index contributed by atoms with van der Waals surface area (Å²) in [5, 5.41) is 30.3. The van der Waals surface area contributed by atoms with Gasteiger partial charge in [-0.3, -0.25) is 4.99 Å². The van der Waals surface area contributed by atoms with Gasteiger partial charge in [0, 0.05) is 5.75 Å². The van der Waals surface area contributed by atoms with E-state index in [4.69, 9.17) is 0 Å². The van der Waals surface area contributed by atoms with Crippen molar-refractivity contribution in [3.8, 4) is 0 Å². The Morgan fingerprint density at radius 2 is 1.95 bits per heavy atom. The second-order valence-electron chi connectivity index (χ2n) is 5.60. The number of hydrogen-bond acceptors (Lipinski definition) is 5. The number of amidine groups is 1. The van der Waals surface area contributed by atoms with E-state index < -0.39 is 18.2 Å². The molecule has 4 atom stereocenters. The zero-order valence-electron chi connectivity index (χ0n) is 11.9. The fourth-order valence-electron chi connectivity index (χ4n) is 2.90. The fraction of sp³-hybridized carbons (Fsp3) is 0.533. The van der Waals surface area contributed by atoms with Gasteiger partial charge in [-0.15, -0.1) is 0 Å². The van der Waals surface area contributed by atoms with Gasteiger partial charge in [-0.2, -0.15) is 0 Å². The minimum absolute atomic E-state index is 0.154. The van der Waals surface area contributed by atoms with Crippen LogP contribution in [0.4, 0.5) is 0 Å². The van der Waals surface area contributed by atoms with Crippen molar-refractivity contribution in [2.45, 2.75) is 37.8 Å². The smallest absolute Gasteiger partial charge is 0.160 e. The molecule has 5 nitrogen and oxygen atoms in total. The maximum absolute atomic E-state index is 10.0. The largest absolute Gasteiger partial charge is 0.394 e. The molecule has 2 aliphatic heterocycles. The lowest BCUT2D eigenvalue weighted by atomic mass is 10.1. The molecule has 0 bridgehead atoms. The van der Waals surface area contributed by atoms with E-state index in [9.17, 15) is 15.3 Å². The van der Waals surface area contributed by atoms with Crippen molar-refractivity contribution in [2.75, 3.05) is 12.4 Å². The van der Waals surface area contributed by atoms with Crippen LogP contribution in [0.25, 0.3) is 0 Å². The molecule has 0 spiro atoms. The molecule has 1 aromatic rings. The zero-order valence-corrected chi connectivity index (χ0v) is 12.7. The van der Waals surface area contributed by atoms with Crippen LogP contribution in [0.2, 0.25) is 0 Å². The average Bonchev–Trinajstić information content (AvgIpc) is 2.99. The normalized spacial score (nSPS) is 33.7. The van der Waals surface area contributed by atoms with Crippen LogP contribution in [-0.4, -0.2) is 62.0 Å². The van der Waals surface area contributed by atoms with Crippen molar-refractivity contribution >= 4 is 16.9 Å². The van der Waals surface area contributed by atoms with E-state index in [0.717, 1.165) is 10.7 Å². The van der Waals surface area contributed by atoms with Gasteiger partial charge in [0.15, 0.2) is 5.17 Å². The Morgan fingerprint density at radius 1 is 1.24 bits per heavy atom. The SMILES string of the molecule is Cc1ccc(CN=C2SC[C@H]3[C@H](O)[C@@H](O)[C@H](CO)N23)cc1. The summed E-state index contributed by atoms with van der Waals surface area (Å²) < 4.78 is 0. The van der Waals surface area contributed by atoms with Gasteiger partial charge in [0.05, 0.1) is 25.2 Å². The zero-order chi connectivity index (χ0) is 15.0. The Bertz CT molecular complexity index is 532. The van der Waals surface area contributed by atoms with E-state index >= 15 is 0 Å². The highest BCUT2D eigenvalue weighted by Gasteiger charge is 2.51. The second kappa shape index (κ2) is 5.96. The molecule has 2 saturated heterocycles. The summed E-state index contributed by atoms with van der Waals surface area (Å²) >= 11 is 1.58. The van der Waals surface area contributed by atoms with Crippen molar-refractivity contribution in [3.05, 3.63) is 35.4 Å². The Labute approximate surface area is 128 Å². The Morgan fingerprint density at radius 3 is 2.62 bits per heavy atom. The first-order chi connectivity index (χ1) is 10.1. The summed E-state index contributed by atoms with van der Waals surface area (Å²) in [5.74, 6) is 0.696. The van der Waals surface area contributed by atoms with Gasteiger partial charge in [0.1, 0.15) is 12.2 Å². The average molecular weight is 308 g/mol. The molecule has 0 unspecified atom stereocenters. The molecule has 0 aliphatic carbocycles. The molecule has 6 heteroatoms. The summed E-state index contributed by atoms with van der Waals surface area (Å²) in [5.41, 5.74) is 2.34. The van der Waals surface area contributed by atoms with Gasteiger partial charge in [-0.25, -0.2) is 0 Å². The lowest BCUT2D eigenvalue weighted by molar-refractivity contribution is 0.0206. The van der Waals surface area contributed by atoms with Crippen LogP contribution in [0, 0.1) is 6.92 Å². The van der Waals surface area contributed by atoms with Crippen LogP contribution in [0.1, 0.15) is 11.1 Å². The van der Waals surface area contributed by atoms with E-state index in [2.05, 4.69) is 17.1 Å². The van der Waals surface area contributed by atoms with Gasteiger partial charge in [0.25, 0.3) is 0 Å². The minimum Gasteiger partial charge on any atom is -0.394 e. The van der Waals surface area contributed by atoms with Crippen LogP contribution >= 0.6 is 11.8 Å². The van der Waals surface area contributed by atoms with Gasteiger partial charge < -0.3 is 20.2 Å². The number of aliphatic imine (C=N–C) groups is 1. The van der Waals surface area contributed by atoms with E-state index in [1.165, 1.54) is 5.56 Å². The Hall–Kier alpha value is -1.08. The number of aryl methyl sites for hydroxylation is 1. The number of nitrogens with zero attached hydrogens (tertiary/aromatic N) is 2. The van der Waals surface area contributed by atoms with Crippen molar-refractivity contribution in [2.24, 2.45) is 4.99 Å². The highest BCUT2D eigenvalue weighted by atomic mass is 32.2. The maximum Gasteiger partial charge on any atom is 0.160 e. The van der Waals surface area contributed by atoms with Crippen LogP contribution in [0.15, 0.2) is 29.3 Å². The van der Waals surface area contributed by atoms with Crippen molar-refractivity contribution in [1.29, 1.82) is 0 Å². The lowest BCUT2D eigenvalue weighted by Crippen LogP contribution is -2.41. The minimum atomic E-state index is -0.912.